The van der Waals surface area contributed by atoms with Crippen LogP contribution in [0.25, 0.3) is 6.08 Å². The van der Waals surface area contributed by atoms with Crippen LogP contribution in [0.2, 0.25) is 0 Å². The lowest BCUT2D eigenvalue weighted by molar-refractivity contribution is -0.131. The minimum absolute atomic E-state index is 0.0475. The molecule has 0 bridgehead atoms. The van der Waals surface area contributed by atoms with Gasteiger partial charge < -0.3 is 10.4 Å². The van der Waals surface area contributed by atoms with E-state index in [1.807, 2.05) is 19.1 Å². The van der Waals surface area contributed by atoms with Crippen LogP contribution in [0.4, 0.5) is 5.69 Å². The zero-order valence-electron chi connectivity index (χ0n) is 11.0. The maximum atomic E-state index is 11.9. The van der Waals surface area contributed by atoms with E-state index in [9.17, 15) is 9.59 Å². The molecule has 1 fully saturated rings. The molecule has 1 amide bonds. The molecule has 19 heavy (non-hydrogen) atoms. The number of rotatable bonds is 4. The number of aliphatic carboxylic acids is 1. The van der Waals surface area contributed by atoms with Crippen LogP contribution in [0.1, 0.15) is 24.5 Å². The van der Waals surface area contributed by atoms with Gasteiger partial charge in [-0.2, -0.15) is 0 Å². The first-order valence-corrected chi connectivity index (χ1v) is 6.29. The Labute approximate surface area is 112 Å². The summed E-state index contributed by atoms with van der Waals surface area (Å²) in [5.41, 5.74) is 2.46. The Balaban J connectivity index is 2.12. The number of carboxylic acid groups (broad SMARTS) is 1. The molecule has 2 atom stereocenters. The number of nitrogens with one attached hydrogen (secondary N) is 1. The van der Waals surface area contributed by atoms with Crippen LogP contribution in [-0.4, -0.2) is 17.0 Å². The molecule has 100 valence electrons. The van der Waals surface area contributed by atoms with E-state index in [-0.39, 0.29) is 11.8 Å². The molecule has 2 N–H and O–H groups in total. The van der Waals surface area contributed by atoms with Gasteiger partial charge in [-0.15, -0.1) is 0 Å². The van der Waals surface area contributed by atoms with E-state index in [2.05, 4.69) is 12.2 Å². The fourth-order valence-corrected chi connectivity index (χ4v) is 2.07. The van der Waals surface area contributed by atoms with Crippen molar-refractivity contribution in [2.75, 3.05) is 5.32 Å². The Bertz CT molecular complexity index is 548. The van der Waals surface area contributed by atoms with Crippen molar-refractivity contribution in [3.05, 3.63) is 35.4 Å². The average molecular weight is 259 g/mol. The molecule has 2 rings (SSSR count). The molecule has 4 nitrogen and oxygen atoms in total. The summed E-state index contributed by atoms with van der Waals surface area (Å²) in [6.45, 7) is 3.97. The zero-order valence-corrected chi connectivity index (χ0v) is 11.0. The third kappa shape index (κ3) is 3.68. The second kappa shape index (κ2) is 5.26. The molecule has 2 unspecified atom stereocenters. The molecule has 0 saturated heterocycles. The van der Waals surface area contributed by atoms with Crippen LogP contribution in [-0.2, 0) is 9.59 Å². The molecule has 1 aromatic rings. The highest BCUT2D eigenvalue weighted by Gasteiger charge is 2.39. The Morgan fingerprint density at radius 2 is 2.05 bits per heavy atom. The molecular formula is C15H17NO3. The number of carbonyl (C=O) groups is 2. The second-order valence-corrected chi connectivity index (χ2v) is 5.11. The first kappa shape index (κ1) is 13.3. The van der Waals surface area contributed by atoms with Crippen molar-refractivity contribution in [3.8, 4) is 0 Å². The third-order valence-corrected chi connectivity index (χ3v) is 3.23. The van der Waals surface area contributed by atoms with E-state index < -0.39 is 5.97 Å². The third-order valence-electron chi connectivity index (χ3n) is 3.23. The lowest BCUT2D eigenvalue weighted by atomic mass is 10.1. The predicted octanol–water partition coefficient (Wildman–Crippen LogP) is 2.69. The molecule has 0 aliphatic heterocycles. The highest BCUT2D eigenvalue weighted by atomic mass is 16.4. The number of benzene rings is 1. The first-order valence-electron chi connectivity index (χ1n) is 6.29. The van der Waals surface area contributed by atoms with E-state index in [1.54, 1.807) is 6.07 Å². The van der Waals surface area contributed by atoms with Crippen LogP contribution in [0, 0.1) is 18.8 Å². The zero-order chi connectivity index (χ0) is 14.0. The molecule has 0 heterocycles. The van der Waals surface area contributed by atoms with E-state index in [4.69, 9.17) is 5.11 Å². The number of carboxylic acids is 1. The van der Waals surface area contributed by atoms with Gasteiger partial charge in [0.05, 0.1) is 0 Å². The van der Waals surface area contributed by atoms with Crippen molar-refractivity contribution in [2.24, 2.45) is 11.8 Å². The smallest absolute Gasteiger partial charge is 0.328 e. The Morgan fingerprint density at radius 1 is 1.37 bits per heavy atom. The van der Waals surface area contributed by atoms with Gasteiger partial charge in [0, 0.05) is 17.7 Å². The van der Waals surface area contributed by atoms with Gasteiger partial charge in [-0.05, 0) is 48.6 Å². The van der Waals surface area contributed by atoms with Gasteiger partial charge in [-0.1, -0.05) is 13.0 Å². The van der Waals surface area contributed by atoms with Crippen molar-refractivity contribution in [3.63, 3.8) is 0 Å². The summed E-state index contributed by atoms with van der Waals surface area (Å²) >= 11 is 0. The summed E-state index contributed by atoms with van der Waals surface area (Å²) in [7, 11) is 0. The van der Waals surface area contributed by atoms with Gasteiger partial charge in [0.15, 0.2) is 0 Å². The SMILES string of the molecule is Cc1cc(/C=C/C(=O)O)cc(NC(=O)C2CC2C)c1. The Hall–Kier alpha value is -2.10. The molecule has 4 heteroatoms. The van der Waals surface area contributed by atoms with E-state index in [0.717, 1.165) is 23.6 Å². The van der Waals surface area contributed by atoms with Gasteiger partial charge in [0.25, 0.3) is 0 Å². The summed E-state index contributed by atoms with van der Waals surface area (Å²) in [4.78, 5) is 22.3. The van der Waals surface area contributed by atoms with Crippen LogP contribution in [0.5, 0.6) is 0 Å². The number of anilines is 1. The summed E-state index contributed by atoms with van der Waals surface area (Å²) in [6.07, 6.45) is 3.55. The molecule has 0 spiro atoms. The van der Waals surface area contributed by atoms with Crippen molar-refractivity contribution in [2.45, 2.75) is 20.3 Å². The normalized spacial score (nSPS) is 21.4. The van der Waals surface area contributed by atoms with E-state index in [0.29, 0.717) is 11.6 Å². The maximum Gasteiger partial charge on any atom is 0.328 e. The van der Waals surface area contributed by atoms with Crippen molar-refractivity contribution < 1.29 is 14.7 Å². The summed E-state index contributed by atoms with van der Waals surface area (Å²) < 4.78 is 0. The Kier molecular flexibility index (Phi) is 3.69. The lowest BCUT2D eigenvalue weighted by Gasteiger charge is -2.07. The fraction of sp³-hybridized carbons (Fsp3) is 0.333. The minimum Gasteiger partial charge on any atom is -0.478 e. The maximum absolute atomic E-state index is 11.9. The molecule has 1 saturated carbocycles. The standard InChI is InChI=1S/C15H17NO3/c1-9-5-11(3-4-14(17)18)8-12(6-9)16-15(19)13-7-10(13)2/h3-6,8,10,13H,7H2,1-2H3,(H,16,19)(H,17,18)/b4-3+. The van der Waals surface area contributed by atoms with Crippen LogP contribution >= 0.6 is 0 Å². The Morgan fingerprint density at radius 3 is 2.63 bits per heavy atom. The fourth-order valence-electron chi connectivity index (χ4n) is 2.07. The van der Waals surface area contributed by atoms with Crippen molar-refractivity contribution in [1.29, 1.82) is 0 Å². The van der Waals surface area contributed by atoms with Crippen LogP contribution in [0.3, 0.4) is 0 Å². The van der Waals surface area contributed by atoms with Gasteiger partial charge in [0.1, 0.15) is 0 Å². The topological polar surface area (TPSA) is 66.4 Å². The van der Waals surface area contributed by atoms with Crippen molar-refractivity contribution >= 4 is 23.6 Å². The van der Waals surface area contributed by atoms with E-state index >= 15 is 0 Å². The molecule has 0 radical (unpaired) electrons. The van der Waals surface area contributed by atoms with Crippen LogP contribution < -0.4 is 5.32 Å². The quantitative estimate of drug-likeness (QED) is 0.817. The summed E-state index contributed by atoms with van der Waals surface area (Å²) in [6, 6.07) is 5.52. The molecule has 1 aliphatic carbocycles. The largest absolute Gasteiger partial charge is 0.478 e. The average Bonchev–Trinajstić information content (AvgIpc) is 3.03. The molecule has 1 aliphatic rings. The number of aryl methyl sites for hydroxylation is 1. The van der Waals surface area contributed by atoms with Gasteiger partial charge in [-0.3, -0.25) is 4.79 Å². The highest BCUT2D eigenvalue weighted by molar-refractivity contribution is 5.95. The predicted molar refractivity (Wildman–Crippen MR) is 73.7 cm³/mol. The van der Waals surface area contributed by atoms with Gasteiger partial charge in [-0.25, -0.2) is 4.79 Å². The molecule has 1 aromatic carbocycles. The monoisotopic (exact) mass is 259 g/mol. The first-order chi connectivity index (χ1) is 8.95. The van der Waals surface area contributed by atoms with Gasteiger partial charge >= 0.3 is 5.97 Å². The second-order valence-electron chi connectivity index (χ2n) is 5.11. The number of carbonyl (C=O) groups excluding carboxylic acids is 1. The lowest BCUT2D eigenvalue weighted by Crippen LogP contribution is -2.14. The summed E-state index contributed by atoms with van der Waals surface area (Å²) in [5, 5.41) is 11.5. The van der Waals surface area contributed by atoms with Crippen molar-refractivity contribution in [1.82, 2.24) is 0 Å². The number of hydrogen-bond acceptors (Lipinski definition) is 2. The van der Waals surface area contributed by atoms with Gasteiger partial charge in [0.2, 0.25) is 5.91 Å². The number of hydrogen-bond donors (Lipinski definition) is 2. The molecular weight excluding hydrogens is 242 g/mol. The molecule has 0 aromatic heterocycles. The summed E-state index contributed by atoms with van der Waals surface area (Å²) in [5.74, 6) is -0.347. The highest BCUT2D eigenvalue weighted by Crippen LogP contribution is 2.38. The van der Waals surface area contributed by atoms with E-state index in [1.165, 1.54) is 6.08 Å². The van der Waals surface area contributed by atoms with Crippen LogP contribution in [0.15, 0.2) is 24.3 Å². The minimum atomic E-state index is -0.987. The number of amides is 1.